The summed E-state index contributed by atoms with van der Waals surface area (Å²) in [5, 5.41) is 5.14. The van der Waals surface area contributed by atoms with Crippen molar-refractivity contribution in [2.75, 3.05) is 20.8 Å². The van der Waals surface area contributed by atoms with Crippen LogP contribution in [-0.2, 0) is 42.4 Å². The molecule has 6 atom stereocenters. The largest absolute Gasteiger partial charge is 0.468 e. The molecule has 0 aliphatic carbocycles. The number of nitrogens with zero attached hydrogens (tertiary/aromatic N) is 1. The Kier molecular flexibility index (Phi) is 9.06. The first-order valence-electron chi connectivity index (χ1n) is 11.6. The second-order valence-corrected chi connectivity index (χ2v) is 11.0. The van der Waals surface area contributed by atoms with Gasteiger partial charge in [0, 0.05) is 6.07 Å². The molecule has 2 saturated heterocycles. The number of pyridine rings is 1. The smallest absolute Gasteiger partial charge is 0.342 e. The lowest BCUT2D eigenvalue weighted by Gasteiger charge is -2.27. The fraction of sp³-hybridized carbons (Fsp3) is 0.636. The maximum absolute atomic E-state index is 13.7. The number of hydrogen-bond acceptors (Lipinski definition) is 10. The van der Waals surface area contributed by atoms with Gasteiger partial charge in [-0.05, 0) is 33.8 Å². The molecule has 0 bridgehead atoms. The Labute approximate surface area is 214 Å². The molecule has 2 fully saturated rings. The van der Waals surface area contributed by atoms with Crippen LogP contribution in [0.4, 0.5) is 0 Å². The number of nitrogens with one attached hydrogen (secondary N) is 2. The second-order valence-electron chi connectivity index (χ2n) is 9.13. The van der Waals surface area contributed by atoms with E-state index in [2.05, 4.69) is 19.6 Å². The van der Waals surface area contributed by atoms with Gasteiger partial charge in [-0.2, -0.15) is 4.57 Å². The van der Waals surface area contributed by atoms with E-state index in [9.17, 15) is 18.9 Å². The summed E-state index contributed by atoms with van der Waals surface area (Å²) in [7, 11) is -1.67. The minimum Gasteiger partial charge on any atom is -0.468 e. The molecule has 1 aromatic heterocycles. The Morgan fingerprint density at radius 1 is 1.11 bits per heavy atom. The lowest BCUT2D eigenvalue weighted by Crippen LogP contribution is -2.46. The van der Waals surface area contributed by atoms with Crippen LogP contribution in [-0.4, -0.2) is 74.9 Å². The summed E-state index contributed by atoms with van der Waals surface area (Å²) < 4.78 is 48.7. The highest BCUT2D eigenvalue weighted by Gasteiger charge is 2.59. The number of nitrogens with two attached hydrogens (primary N) is 1. The third kappa shape index (κ3) is 6.90. The highest BCUT2D eigenvalue weighted by Crippen LogP contribution is 2.44. The molecule has 15 heteroatoms. The molecule has 3 heterocycles. The molecule has 0 unspecified atom stereocenters. The number of primary amides is 1. The quantitative estimate of drug-likeness (QED) is 0.192. The van der Waals surface area contributed by atoms with Gasteiger partial charge in [0.15, 0.2) is 24.3 Å². The summed E-state index contributed by atoms with van der Waals surface area (Å²) in [6, 6.07) is 1.15. The van der Waals surface area contributed by atoms with Crippen molar-refractivity contribution in [1.29, 1.82) is 0 Å². The van der Waals surface area contributed by atoms with Crippen LogP contribution in [0.5, 0.6) is 0 Å². The maximum Gasteiger partial charge on any atom is 0.342 e. The van der Waals surface area contributed by atoms with Gasteiger partial charge in [0.2, 0.25) is 0 Å². The van der Waals surface area contributed by atoms with E-state index in [1.54, 1.807) is 36.7 Å². The first-order chi connectivity index (χ1) is 17.3. The van der Waals surface area contributed by atoms with Crippen molar-refractivity contribution in [2.45, 2.75) is 70.1 Å². The summed E-state index contributed by atoms with van der Waals surface area (Å²) in [6.07, 6.45) is 0.500. The van der Waals surface area contributed by atoms with Crippen molar-refractivity contribution >= 4 is 25.5 Å². The number of esters is 2. The molecular weight excluding hydrogens is 511 g/mol. The first-order valence-corrected chi connectivity index (χ1v) is 13.2. The van der Waals surface area contributed by atoms with Crippen LogP contribution in [0.1, 0.15) is 44.3 Å². The lowest BCUT2D eigenvalue weighted by molar-refractivity contribution is -0.766. The van der Waals surface area contributed by atoms with E-state index in [0.717, 1.165) is 0 Å². The standard InChI is InChI=1S/C22H33N4O10P/c1-12(20(28)31-5)24-37(30,25-13(2)21(29)32-6)33-11-15-16-17(36-22(3,4)35-16)19(34-15)26-9-7-8-14(10-26)18(23)27/h7-10,12-13,15-17,19H,11H2,1-6H3,(H3-,23,24,25,27,30)/p+1/t12-,13-,15+,16+,17+,19+/m0/s1. The van der Waals surface area contributed by atoms with Gasteiger partial charge >= 0.3 is 19.6 Å². The van der Waals surface area contributed by atoms with Crippen LogP contribution in [0.25, 0.3) is 0 Å². The molecule has 0 aromatic carbocycles. The third-order valence-corrected chi connectivity index (χ3v) is 7.75. The number of fused-ring (bicyclic) bond motifs is 1. The van der Waals surface area contributed by atoms with Gasteiger partial charge in [-0.25, -0.2) is 10.2 Å². The number of aromatic nitrogens is 1. The molecule has 1 aromatic rings. The van der Waals surface area contributed by atoms with E-state index in [-0.39, 0.29) is 12.2 Å². The van der Waals surface area contributed by atoms with E-state index in [0.29, 0.717) is 0 Å². The predicted octanol–water partition coefficient (Wildman–Crippen LogP) is -0.0826. The zero-order valence-corrected chi connectivity index (χ0v) is 22.4. The molecule has 2 aliphatic rings. The molecule has 14 nitrogen and oxygen atoms in total. The van der Waals surface area contributed by atoms with Gasteiger partial charge < -0.3 is 33.9 Å². The summed E-state index contributed by atoms with van der Waals surface area (Å²) in [5.74, 6) is -2.93. The highest BCUT2D eigenvalue weighted by molar-refractivity contribution is 7.54. The average Bonchev–Trinajstić information content (AvgIpc) is 3.34. The minimum absolute atomic E-state index is 0.270. The van der Waals surface area contributed by atoms with E-state index < -0.39 is 67.9 Å². The molecular formula is C22H34N4O10P+. The zero-order chi connectivity index (χ0) is 27.5. The highest BCUT2D eigenvalue weighted by atomic mass is 31.2. The normalized spacial score (nSPS) is 26.2. The van der Waals surface area contributed by atoms with Crippen LogP contribution in [0.15, 0.2) is 24.5 Å². The number of ether oxygens (including phenoxy) is 5. The molecule has 1 amide bonds. The number of amides is 1. The monoisotopic (exact) mass is 545 g/mol. The fourth-order valence-electron chi connectivity index (χ4n) is 4.09. The Balaban J connectivity index is 1.82. The van der Waals surface area contributed by atoms with Crippen LogP contribution >= 0.6 is 7.67 Å². The van der Waals surface area contributed by atoms with Crippen molar-refractivity contribution in [3.05, 3.63) is 30.1 Å². The van der Waals surface area contributed by atoms with Crippen molar-refractivity contribution < 1.29 is 51.7 Å². The predicted molar refractivity (Wildman–Crippen MR) is 126 cm³/mol. The molecule has 0 spiro atoms. The van der Waals surface area contributed by atoms with E-state index in [4.69, 9.17) is 24.5 Å². The summed E-state index contributed by atoms with van der Waals surface area (Å²) in [5.41, 5.74) is 5.69. The number of carbonyl (C=O) groups is 3. The Morgan fingerprint density at radius 2 is 1.68 bits per heavy atom. The van der Waals surface area contributed by atoms with Crippen molar-refractivity contribution in [3.63, 3.8) is 0 Å². The van der Waals surface area contributed by atoms with Crippen LogP contribution < -0.4 is 20.5 Å². The zero-order valence-electron chi connectivity index (χ0n) is 21.5. The molecule has 0 radical (unpaired) electrons. The lowest BCUT2D eigenvalue weighted by atomic mass is 10.1. The SMILES string of the molecule is COC(=O)[C@H](C)NP(=O)(N[C@@H](C)C(=O)OC)OC[C@H]1O[C@@H]([n+]2cccc(C(N)=O)c2)[C@@H]2OC(C)(C)O[C@@H]21. The molecule has 206 valence electrons. The van der Waals surface area contributed by atoms with Crippen LogP contribution in [0.2, 0.25) is 0 Å². The van der Waals surface area contributed by atoms with Crippen molar-refractivity contribution in [1.82, 2.24) is 10.2 Å². The summed E-state index contributed by atoms with van der Waals surface area (Å²) in [6.45, 7) is 6.09. The Hall–Kier alpha value is -2.45. The van der Waals surface area contributed by atoms with Crippen LogP contribution in [0.3, 0.4) is 0 Å². The number of hydrogen-bond donors (Lipinski definition) is 3. The Morgan fingerprint density at radius 3 is 2.22 bits per heavy atom. The minimum atomic E-state index is -4.05. The van der Waals surface area contributed by atoms with Gasteiger partial charge in [0.05, 0.1) is 20.8 Å². The number of carbonyl (C=O) groups excluding carboxylic acids is 3. The van der Waals surface area contributed by atoms with Crippen LogP contribution in [0, 0.1) is 0 Å². The molecule has 3 rings (SSSR count). The summed E-state index contributed by atoms with van der Waals surface area (Å²) >= 11 is 0. The molecule has 37 heavy (non-hydrogen) atoms. The molecule has 4 N–H and O–H groups in total. The van der Waals surface area contributed by atoms with E-state index in [1.807, 2.05) is 0 Å². The number of rotatable bonds is 11. The molecule has 2 aliphatic heterocycles. The van der Waals surface area contributed by atoms with Gasteiger partial charge in [-0.3, -0.25) is 18.9 Å². The van der Waals surface area contributed by atoms with Gasteiger partial charge in [-0.15, -0.1) is 0 Å². The number of methoxy groups -OCH3 is 2. The second kappa shape index (κ2) is 11.5. The van der Waals surface area contributed by atoms with E-state index in [1.165, 1.54) is 34.3 Å². The van der Waals surface area contributed by atoms with Gasteiger partial charge in [0.25, 0.3) is 12.1 Å². The van der Waals surface area contributed by atoms with Gasteiger partial charge in [-0.1, -0.05) is 0 Å². The van der Waals surface area contributed by atoms with Gasteiger partial charge in [0.1, 0.15) is 29.9 Å². The third-order valence-electron chi connectivity index (χ3n) is 5.78. The average molecular weight is 546 g/mol. The summed E-state index contributed by atoms with van der Waals surface area (Å²) in [4.78, 5) is 35.6. The Bertz CT molecular complexity index is 1040. The van der Waals surface area contributed by atoms with Crippen molar-refractivity contribution in [2.24, 2.45) is 5.73 Å². The van der Waals surface area contributed by atoms with Crippen molar-refractivity contribution in [3.8, 4) is 0 Å². The maximum atomic E-state index is 13.7. The van der Waals surface area contributed by atoms with E-state index >= 15 is 0 Å². The fourth-order valence-corrected chi connectivity index (χ4v) is 5.90. The molecule has 0 saturated carbocycles. The first kappa shape index (κ1) is 29.1. The topological polar surface area (TPSA) is 178 Å².